The third kappa shape index (κ3) is 4.66. The minimum atomic E-state index is 0.537. The van der Waals surface area contributed by atoms with Gasteiger partial charge in [0.05, 0.1) is 44.4 Å². The second-order valence-electron chi connectivity index (χ2n) is 7.32. The number of benzene rings is 2. The second kappa shape index (κ2) is 9.78. The van der Waals surface area contributed by atoms with Gasteiger partial charge in [0.15, 0.2) is 11.5 Å². The van der Waals surface area contributed by atoms with Gasteiger partial charge in [-0.3, -0.25) is 4.90 Å². The van der Waals surface area contributed by atoms with Crippen LogP contribution < -0.4 is 9.47 Å². The summed E-state index contributed by atoms with van der Waals surface area (Å²) in [5.41, 5.74) is 3.25. The number of nitrogens with zero attached hydrogens (tertiary/aromatic N) is 3. The predicted molar refractivity (Wildman–Crippen MR) is 119 cm³/mol. The number of morpholine rings is 1. The first-order chi connectivity index (χ1) is 14.8. The highest BCUT2D eigenvalue weighted by Crippen LogP contribution is 2.29. The molecule has 158 valence electrons. The Morgan fingerprint density at radius 1 is 1.10 bits per heavy atom. The molecule has 0 spiro atoms. The first-order valence-electron chi connectivity index (χ1n) is 10.5. The normalized spacial score (nSPS) is 15.1. The summed E-state index contributed by atoms with van der Waals surface area (Å²) in [6, 6.07) is 14.3. The molecule has 0 aliphatic carbocycles. The molecule has 1 fully saturated rings. The van der Waals surface area contributed by atoms with Gasteiger partial charge in [0.2, 0.25) is 0 Å². The summed E-state index contributed by atoms with van der Waals surface area (Å²) >= 11 is 0. The monoisotopic (exact) mass is 407 g/mol. The lowest BCUT2D eigenvalue weighted by molar-refractivity contribution is 0.0326. The van der Waals surface area contributed by atoms with Gasteiger partial charge in [0.1, 0.15) is 12.4 Å². The fourth-order valence-corrected chi connectivity index (χ4v) is 3.80. The largest absolute Gasteiger partial charge is 0.493 e. The van der Waals surface area contributed by atoms with Crippen molar-refractivity contribution in [1.82, 2.24) is 14.5 Å². The van der Waals surface area contributed by atoms with E-state index in [1.165, 1.54) is 0 Å². The van der Waals surface area contributed by atoms with Crippen LogP contribution in [0, 0.1) is 0 Å². The Balaban J connectivity index is 1.50. The predicted octanol–water partition coefficient (Wildman–Crippen LogP) is 3.99. The highest BCUT2D eigenvalue weighted by molar-refractivity contribution is 5.75. The van der Waals surface area contributed by atoms with E-state index in [1.54, 1.807) is 7.11 Å². The van der Waals surface area contributed by atoms with Crippen LogP contribution in [0.25, 0.3) is 17.1 Å². The topological polar surface area (TPSA) is 48.8 Å². The van der Waals surface area contributed by atoms with E-state index in [0.29, 0.717) is 6.61 Å². The molecule has 6 nitrogen and oxygen atoms in total. The van der Waals surface area contributed by atoms with E-state index >= 15 is 0 Å². The smallest absolute Gasteiger partial charge is 0.161 e. The van der Waals surface area contributed by atoms with Crippen LogP contribution in [0.15, 0.2) is 48.5 Å². The molecule has 30 heavy (non-hydrogen) atoms. The summed E-state index contributed by atoms with van der Waals surface area (Å²) < 4.78 is 19.4. The van der Waals surface area contributed by atoms with Crippen LogP contribution in [-0.2, 0) is 17.8 Å². The molecule has 0 N–H and O–H groups in total. The van der Waals surface area contributed by atoms with Crippen molar-refractivity contribution in [1.29, 1.82) is 0 Å². The van der Waals surface area contributed by atoms with E-state index in [1.807, 2.05) is 43.3 Å². The third-order valence-electron chi connectivity index (χ3n) is 5.32. The first-order valence-corrected chi connectivity index (χ1v) is 10.5. The number of hydrogen-bond donors (Lipinski definition) is 0. The van der Waals surface area contributed by atoms with Crippen molar-refractivity contribution in [3.8, 4) is 11.5 Å². The SMILES string of the molecule is CC=Cc1ccc(OCCn2c(CN3CCOCC3)nc3ccccc32)c(OC)c1. The molecular formula is C24H29N3O3. The maximum absolute atomic E-state index is 6.10. The quantitative estimate of drug-likeness (QED) is 0.565. The lowest BCUT2D eigenvalue weighted by Crippen LogP contribution is -2.36. The molecule has 1 aliphatic rings. The molecular weight excluding hydrogens is 378 g/mol. The van der Waals surface area contributed by atoms with Gasteiger partial charge in [0, 0.05) is 13.1 Å². The fourth-order valence-electron chi connectivity index (χ4n) is 3.80. The molecule has 1 saturated heterocycles. The number of hydrogen-bond acceptors (Lipinski definition) is 5. The van der Waals surface area contributed by atoms with Gasteiger partial charge in [-0.05, 0) is 36.8 Å². The molecule has 1 aromatic heterocycles. The molecule has 0 atom stereocenters. The van der Waals surface area contributed by atoms with Crippen molar-refractivity contribution in [2.75, 3.05) is 40.0 Å². The van der Waals surface area contributed by atoms with E-state index in [-0.39, 0.29) is 0 Å². The molecule has 0 bridgehead atoms. The van der Waals surface area contributed by atoms with Crippen molar-refractivity contribution in [2.24, 2.45) is 0 Å². The van der Waals surface area contributed by atoms with Crippen LogP contribution in [0.5, 0.6) is 11.5 Å². The van der Waals surface area contributed by atoms with E-state index in [0.717, 1.165) is 73.3 Å². The number of imidazole rings is 1. The third-order valence-corrected chi connectivity index (χ3v) is 5.32. The zero-order valence-electron chi connectivity index (χ0n) is 17.7. The minimum absolute atomic E-state index is 0.537. The van der Waals surface area contributed by atoms with Crippen molar-refractivity contribution in [3.05, 3.63) is 59.9 Å². The van der Waals surface area contributed by atoms with Crippen LogP contribution in [0.4, 0.5) is 0 Å². The van der Waals surface area contributed by atoms with Crippen molar-refractivity contribution in [3.63, 3.8) is 0 Å². The van der Waals surface area contributed by atoms with E-state index in [2.05, 4.69) is 27.7 Å². The number of rotatable bonds is 8. The van der Waals surface area contributed by atoms with Crippen LogP contribution >= 0.6 is 0 Å². The van der Waals surface area contributed by atoms with Gasteiger partial charge in [-0.1, -0.05) is 30.4 Å². The maximum Gasteiger partial charge on any atom is 0.161 e. The number of para-hydroxylation sites is 2. The van der Waals surface area contributed by atoms with E-state index in [4.69, 9.17) is 19.2 Å². The van der Waals surface area contributed by atoms with Crippen LogP contribution in [0.2, 0.25) is 0 Å². The summed E-state index contributed by atoms with van der Waals surface area (Å²) in [5, 5.41) is 0. The zero-order valence-corrected chi connectivity index (χ0v) is 17.7. The molecule has 6 heteroatoms. The van der Waals surface area contributed by atoms with E-state index in [9.17, 15) is 0 Å². The molecule has 0 saturated carbocycles. The highest BCUT2D eigenvalue weighted by atomic mass is 16.5. The lowest BCUT2D eigenvalue weighted by atomic mass is 10.2. The minimum Gasteiger partial charge on any atom is -0.493 e. The maximum atomic E-state index is 6.10. The number of methoxy groups -OCH3 is 1. The molecule has 2 heterocycles. The lowest BCUT2D eigenvalue weighted by Gasteiger charge is -2.26. The summed E-state index contributed by atoms with van der Waals surface area (Å²) in [7, 11) is 1.67. The molecule has 0 unspecified atom stereocenters. The summed E-state index contributed by atoms with van der Waals surface area (Å²) in [6.45, 7) is 7.53. The van der Waals surface area contributed by atoms with Crippen molar-refractivity contribution in [2.45, 2.75) is 20.0 Å². The second-order valence-corrected chi connectivity index (χ2v) is 7.32. The van der Waals surface area contributed by atoms with Gasteiger partial charge < -0.3 is 18.8 Å². The Morgan fingerprint density at radius 2 is 1.93 bits per heavy atom. The molecule has 4 rings (SSSR count). The van der Waals surface area contributed by atoms with Gasteiger partial charge in [-0.2, -0.15) is 0 Å². The summed E-state index contributed by atoms with van der Waals surface area (Å²) in [4.78, 5) is 7.28. The van der Waals surface area contributed by atoms with Gasteiger partial charge in [-0.25, -0.2) is 4.98 Å². The number of allylic oxidation sites excluding steroid dienone is 1. The molecule has 0 amide bonds. The molecule has 0 radical (unpaired) electrons. The average Bonchev–Trinajstić information content (AvgIpc) is 3.12. The van der Waals surface area contributed by atoms with Crippen LogP contribution in [0.3, 0.4) is 0 Å². The molecule has 3 aromatic rings. The zero-order chi connectivity index (χ0) is 20.8. The van der Waals surface area contributed by atoms with Gasteiger partial charge in [0.25, 0.3) is 0 Å². The van der Waals surface area contributed by atoms with E-state index < -0.39 is 0 Å². The molecule has 1 aliphatic heterocycles. The Hall–Kier alpha value is -2.83. The number of fused-ring (bicyclic) bond motifs is 1. The summed E-state index contributed by atoms with van der Waals surface area (Å²) in [6.07, 6.45) is 4.05. The average molecular weight is 408 g/mol. The van der Waals surface area contributed by atoms with Crippen molar-refractivity contribution < 1.29 is 14.2 Å². The van der Waals surface area contributed by atoms with Gasteiger partial charge in [-0.15, -0.1) is 0 Å². The van der Waals surface area contributed by atoms with Crippen LogP contribution in [0.1, 0.15) is 18.3 Å². The number of aromatic nitrogens is 2. The van der Waals surface area contributed by atoms with Crippen molar-refractivity contribution >= 4 is 17.1 Å². The number of ether oxygens (including phenoxy) is 3. The Labute approximate surface area is 177 Å². The highest BCUT2D eigenvalue weighted by Gasteiger charge is 2.17. The Morgan fingerprint density at radius 3 is 2.73 bits per heavy atom. The summed E-state index contributed by atoms with van der Waals surface area (Å²) in [5.74, 6) is 2.57. The first kappa shape index (κ1) is 20.4. The Bertz CT molecular complexity index is 1010. The fraction of sp³-hybridized carbons (Fsp3) is 0.375. The standard InChI is InChI=1S/C24H29N3O3/c1-3-6-19-9-10-22(23(17-19)28-2)30-16-13-27-21-8-5-4-7-20(21)25-24(27)18-26-11-14-29-15-12-26/h3-10,17H,11-16,18H2,1-2H3. The van der Waals surface area contributed by atoms with Crippen LogP contribution in [-0.4, -0.2) is 54.5 Å². The Kier molecular flexibility index (Phi) is 6.67. The van der Waals surface area contributed by atoms with Gasteiger partial charge >= 0.3 is 0 Å². The molecule has 2 aromatic carbocycles.